The second-order valence-corrected chi connectivity index (χ2v) is 5.45. The predicted octanol–water partition coefficient (Wildman–Crippen LogP) is 3.37. The first-order valence-corrected chi connectivity index (χ1v) is 6.88. The molecule has 21 heavy (non-hydrogen) atoms. The number of aliphatic hydroxyl groups is 1. The fraction of sp³-hybridized carbons (Fsp3) is 0.250. The Kier molecular flexibility index (Phi) is 4.60. The van der Waals surface area contributed by atoms with Crippen molar-refractivity contribution in [3.05, 3.63) is 53.1 Å². The van der Waals surface area contributed by atoms with Crippen LogP contribution in [0.2, 0.25) is 5.02 Å². The monoisotopic (exact) mass is 307 g/mol. The second kappa shape index (κ2) is 6.24. The van der Waals surface area contributed by atoms with E-state index >= 15 is 0 Å². The Balaban J connectivity index is 2.34. The molecule has 1 atom stereocenters. The molecule has 0 aliphatic rings. The number of phenolic OH excluding ortho intramolecular Hbond substituents is 1. The first-order valence-electron chi connectivity index (χ1n) is 6.50. The van der Waals surface area contributed by atoms with Crippen molar-refractivity contribution in [3.63, 3.8) is 0 Å². The molecule has 3 N–H and O–H groups in total. The average Bonchev–Trinajstić information content (AvgIpc) is 2.50. The van der Waals surface area contributed by atoms with Gasteiger partial charge in [-0.05, 0) is 48.9 Å². The van der Waals surface area contributed by atoms with Gasteiger partial charge in [-0.2, -0.15) is 0 Å². The van der Waals surface area contributed by atoms with E-state index in [-0.39, 0.29) is 12.4 Å². The minimum Gasteiger partial charge on any atom is -0.504 e. The van der Waals surface area contributed by atoms with Crippen LogP contribution >= 0.6 is 11.6 Å². The number of aliphatic hydroxyl groups excluding tert-OH is 1. The summed E-state index contributed by atoms with van der Waals surface area (Å²) in [4.78, 5) is 0. The molecule has 112 valence electrons. The van der Waals surface area contributed by atoms with Crippen molar-refractivity contribution in [2.24, 2.45) is 0 Å². The fourth-order valence-electron chi connectivity index (χ4n) is 2.08. The van der Waals surface area contributed by atoms with E-state index in [1.807, 2.05) is 19.1 Å². The lowest BCUT2D eigenvalue weighted by Gasteiger charge is -2.31. The lowest BCUT2D eigenvalue weighted by molar-refractivity contribution is 0.223. The largest absolute Gasteiger partial charge is 0.504 e. The van der Waals surface area contributed by atoms with Crippen molar-refractivity contribution in [3.8, 4) is 11.5 Å². The highest BCUT2D eigenvalue weighted by molar-refractivity contribution is 6.30. The molecule has 0 heterocycles. The summed E-state index contributed by atoms with van der Waals surface area (Å²) in [5, 5.41) is 23.4. The van der Waals surface area contributed by atoms with E-state index in [4.69, 9.17) is 16.3 Å². The second-order valence-electron chi connectivity index (χ2n) is 5.01. The Morgan fingerprint density at radius 1 is 1.19 bits per heavy atom. The number of anilines is 1. The van der Waals surface area contributed by atoms with Crippen molar-refractivity contribution < 1.29 is 14.9 Å². The highest BCUT2D eigenvalue weighted by Crippen LogP contribution is 2.33. The number of halogens is 1. The molecule has 5 heteroatoms. The van der Waals surface area contributed by atoms with E-state index in [0.29, 0.717) is 10.8 Å². The van der Waals surface area contributed by atoms with Crippen LogP contribution in [0.4, 0.5) is 5.69 Å². The molecule has 0 aliphatic heterocycles. The first kappa shape index (κ1) is 15.5. The maximum Gasteiger partial charge on any atom is 0.160 e. The van der Waals surface area contributed by atoms with Gasteiger partial charge in [0.15, 0.2) is 11.5 Å². The number of hydrogen-bond acceptors (Lipinski definition) is 4. The third-order valence-corrected chi connectivity index (χ3v) is 3.65. The average molecular weight is 308 g/mol. The van der Waals surface area contributed by atoms with Crippen LogP contribution in [0.1, 0.15) is 12.5 Å². The molecule has 1 unspecified atom stereocenters. The van der Waals surface area contributed by atoms with Gasteiger partial charge in [-0.3, -0.25) is 0 Å². The number of phenols is 1. The van der Waals surface area contributed by atoms with Crippen LogP contribution in [0, 0.1) is 0 Å². The van der Waals surface area contributed by atoms with Crippen molar-refractivity contribution in [2.45, 2.75) is 12.5 Å². The number of methoxy groups -OCH3 is 1. The molecule has 0 aromatic heterocycles. The minimum atomic E-state index is -0.713. The summed E-state index contributed by atoms with van der Waals surface area (Å²) in [7, 11) is 1.49. The molecular formula is C16H18ClNO3. The van der Waals surface area contributed by atoms with Gasteiger partial charge in [0.05, 0.1) is 19.3 Å². The summed E-state index contributed by atoms with van der Waals surface area (Å²) < 4.78 is 5.11. The molecule has 2 rings (SSSR count). The summed E-state index contributed by atoms with van der Waals surface area (Å²) in [6.07, 6.45) is 0. The Morgan fingerprint density at radius 3 is 2.43 bits per heavy atom. The summed E-state index contributed by atoms with van der Waals surface area (Å²) in [5.74, 6) is 0.429. The Labute approximate surface area is 129 Å². The van der Waals surface area contributed by atoms with Gasteiger partial charge in [-0.1, -0.05) is 17.7 Å². The summed E-state index contributed by atoms with van der Waals surface area (Å²) in [6, 6.07) is 12.2. The van der Waals surface area contributed by atoms with Crippen LogP contribution < -0.4 is 10.1 Å². The molecule has 4 nitrogen and oxygen atoms in total. The van der Waals surface area contributed by atoms with Crippen LogP contribution in [0.5, 0.6) is 11.5 Å². The minimum absolute atomic E-state index is 0.0630. The van der Waals surface area contributed by atoms with Crippen molar-refractivity contribution in [1.82, 2.24) is 0 Å². The number of aromatic hydroxyl groups is 1. The molecular weight excluding hydrogens is 290 g/mol. The normalized spacial score (nSPS) is 13.5. The van der Waals surface area contributed by atoms with Gasteiger partial charge < -0.3 is 20.3 Å². The number of nitrogens with one attached hydrogen (secondary N) is 1. The van der Waals surface area contributed by atoms with E-state index < -0.39 is 5.54 Å². The first-order chi connectivity index (χ1) is 9.98. The molecule has 0 saturated carbocycles. The van der Waals surface area contributed by atoms with Gasteiger partial charge in [0, 0.05) is 10.7 Å². The van der Waals surface area contributed by atoms with Crippen molar-refractivity contribution in [1.29, 1.82) is 0 Å². The maximum atomic E-state index is 9.80. The molecule has 2 aromatic carbocycles. The maximum absolute atomic E-state index is 9.80. The molecule has 0 aliphatic carbocycles. The third kappa shape index (κ3) is 3.40. The van der Waals surface area contributed by atoms with Crippen LogP contribution in [-0.4, -0.2) is 23.9 Å². The Hall–Kier alpha value is -1.91. The molecule has 2 aromatic rings. The van der Waals surface area contributed by atoms with Gasteiger partial charge in [-0.25, -0.2) is 0 Å². The fourth-order valence-corrected chi connectivity index (χ4v) is 2.20. The van der Waals surface area contributed by atoms with Gasteiger partial charge in [0.2, 0.25) is 0 Å². The Morgan fingerprint density at radius 2 is 1.86 bits per heavy atom. The zero-order valence-corrected chi connectivity index (χ0v) is 12.7. The van der Waals surface area contributed by atoms with Gasteiger partial charge in [0.1, 0.15) is 0 Å². The highest BCUT2D eigenvalue weighted by atomic mass is 35.5. The van der Waals surface area contributed by atoms with Gasteiger partial charge in [0.25, 0.3) is 0 Å². The number of benzene rings is 2. The molecule has 0 spiro atoms. The highest BCUT2D eigenvalue weighted by Gasteiger charge is 2.26. The predicted molar refractivity (Wildman–Crippen MR) is 84.2 cm³/mol. The number of ether oxygens (including phenoxy) is 1. The molecule has 0 radical (unpaired) electrons. The quantitative estimate of drug-likeness (QED) is 0.792. The number of hydrogen-bond donors (Lipinski definition) is 3. The van der Waals surface area contributed by atoms with E-state index in [1.54, 1.807) is 30.3 Å². The number of rotatable bonds is 5. The van der Waals surface area contributed by atoms with Crippen molar-refractivity contribution >= 4 is 17.3 Å². The zero-order chi connectivity index (χ0) is 15.5. The standard InChI is InChI=1S/C16H18ClNO3/c1-16(10-19,18-13-6-4-12(17)5-7-13)11-3-8-14(20)15(9-11)21-2/h3-9,18-20H,10H2,1-2H3. The molecule has 0 saturated heterocycles. The SMILES string of the molecule is COc1cc(C(C)(CO)Nc2ccc(Cl)cc2)ccc1O. The topological polar surface area (TPSA) is 61.7 Å². The van der Waals surface area contributed by atoms with E-state index in [1.165, 1.54) is 7.11 Å². The van der Waals surface area contributed by atoms with Gasteiger partial charge >= 0.3 is 0 Å². The van der Waals surface area contributed by atoms with Crippen LogP contribution in [0.25, 0.3) is 0 Å². The van der Waals surface area contributed by atoms with Crippen LogP contribution in [-0.2, 0) is 5.54 Å². The lowest BCUT2D eigenvalue weighted by atomic mass is 9.92. The summed E-state index contributed by atoms with van der Waals surface area (Å²) >= 11 is 5.87. The molecule has 0 fully saturated rings. The van der Waals surface area contributed by atoms with E-state index in [0.717, 1.165) is 11.3 Å². The zero-order valence-electron chi connectivity index (χ0n) is 11.9. The Bertz CT molecular complexity index is 615. The van der Waals surface area contributed by atoms with Crippen LogP contribution in [0.3, 0.4) is 0 Å². The molecule has 0 amide bonds. The van der Waals surface area contributed by atoms with Crippen LogP contribution in [0.15, 0.2) is 42.5 Å². The lowest BCUT2D eigenvalue weighted by Crippen LogP contribution is -2.35. The van der Waals surface area contributed by atoms with Crippen molar-refractivity contribution in [2.75, 3.05) is 19.0 Å². The van der Waals surface area contributed by atoms with Gasteiger partial charge in [-0.15, -0.1) is 0 Å². The summed E-state index contributed by atoms with van der Waals surface area (Å²) in [5.41, 5.74) is 0.923. The molecule has 0 bridgehead atoms. The summed E-state index contributed by atoms with van der Waals surface area (Å²) in [6.45, 7) is 1.75. The van der Waals surface area contributed by atoms with E-state index in [2.05, 4.69) is 5.32 Å². The third-order valence-electron chi connectivity index (χ3n) is 3.40. The van der Waals surface area contributed by atoms with E-state index in [9.17, 15) is 10.2 Å². The smallest absolute Gasteiger partial charge is 0.160 e.